The van der Waals surface area contributed by atoms with E-state index in [1.807, 2.05) is 36.2 Å². The molecule has 1 aliphatic heterocycles. The van der Waals surface area contributed by atoms with Crippen molar-refractivity contribution in [3.05, 3.63) is 35.4 Å². The summed E-state index contributed by atoms with van der Waals surface area (Å²) in [5.74, 6) is -0.0334. The molecule has 0 spiro atoms. The van der Waals surface area contributed by atoms with Crippen LogP contribution in [0.25, 0.3) is 0 Å². The van der Waals surface area contributed by atoms with Gasteiger partial charge < -0.3 is 4.90 Å². The Bertz CT molecular complexity index is 431. The molecule has 96 valence electrons. The van der Waals surface area contributed by atoms with E-state index in [1.165, 1.54) is 6.21 Å². The molecule has 4 nitrogen and oxygen atoms in total. The molecule has 18 heavy (non-hydrogen) atoms. The highest BCUT2D eigenvalue weighted by Gasteiger charge is 2.11. The molecule has 1 aromatic carbocycles. The first-order chi connectivity index (χ1) is 8.65. The van der Waals surface area contributed by atoms with Gasteiger partial charge in [-0.2, -0.15) is 5.10 Å². The molecule has 0 unspecified atom stereocenters. The van der Waals surface area contributed by atoms with E-state index >= 15 is 0 Å². The minimum absolute atomic E-state index is 0.0334. The van der Waals surface area contributed by atoms with Crippen molar-refractivity contribution in [3.8, 4) is 0 Å². The van der Waals surface area contributed by atoms with Crippen LogP contribution in [0.2, 0.25) is 0 Å². The van der Waals surface area contributed by atoms with E-state index in [0.717, 1.165) is 31.7 Å². The van der Waals surface area contributed by atoms with E-state index in [2.05, 4.69) is 17.0 Å². The number of likely N-dealkylation sites (N-methyl/N-ethyl adjacent to an activating group) is 1. The molecule has 0 aromatic heterocycles. The molecule has 0 atom stereocenters. The van der Waals surface area contributed by atoms with Crippen molar-refractivity contribution in [1.82, 2.24) is 9.91 Å². The van der Waals surface area contributed by atoms with Gasteiger partial charge in [0.1, 0.15) is 0 Å². The minimum Gasteiger partial charge on any atom is -0.303 e. The molecule has 1 fully saturated rings. The lowest BCUT2D eigenvalue weighted by Crippen LogP contribution is -2.41. The third kappa shape index (κ3) is 3.40. The maximum absolute atomic E-state index is 11.9. The van der Waals surface area contributed by atoms with Gasteiger partial charge in [0.05, 0.1) is 6.21 Å². The van der Waals surface area contributed by atoms with Crippen LogP contribution in [0.5, 0.6) is 0 Å². The van der Waals surface area contributed by atoms with Crippen LogP contribution in [0.1, 0.15) is 15.9 Å². The van der Waals surface area contributed by atoms with Gasteiger partial charge in [-0.3, -0.25) is 9.80 Å². The van der Waals surface area contributed by atoms with Crippen LogP contribution >= 0.6 is 0 Å². The largest absolute Gasteiger partial charge is 0.303 e. The number of benzene rings is 1. The highest BCUT2D eigenvalue weighted by Crippen LogP contribution is 2.04. The molecule has 1 saturated heterocycles. The van der Waals surface area contributed by atoms with Crippen LogP contribution in [0.3, 0.4) is 0 Å². The van der Waals surface area contributed by atoms with Gasteiger partial charge in [0, 0.05) is 31.7 Å². The number of carbonyl (C=O) groups is 1. The van der Waals surface area contributed by atoms with Gasteiger partial charge >= 0.3 is 0 Å². The summed E-state index contributed by atoms with van der Waals surface area (Å²) < 4.78 is 0. The standard InChI is InChI=1S/C14H19N3O/c1-12-3-5-13(6-4-12)14(18)11-15-17-9-7-16(2)8-10-17/h3-6,11H,7-10H2,1-2H3/b15-11-. The monoisotopic (exact) mass is 245 g/mol. The summed E-state index contributed by atoms with van der Waals surface area (Å²) in [7, 11) is 2.10. The van der Waals surface area contributed by atoms with Gasteiger partial charge in [-0.05, 0) is 14.0 Å². The quantitative estimate of drug-likeness (QED) is 0.596. The molecular formula is C14H19N3O. The predicted molar refractivity (Wildman–Crippen MR) is 73.1 cm³/mol. The fourth-order valence-corrected chi connectivity index (χ4v) is 1.84. The number of rotatable bonds is 3. The van der Waals surface area contributed by atoms with Gasteiger partial charge in [-0.1, -0.05) is 29.8 Å². The smallest absolute Gasteiger partial charge is 0.205 e. The van der Waals surface area contributed by atoms with E-state index < -0.39 is 0 Å². The maximum atomic E-state index is 11.9. The number of ketones is 1. The number of nitrogens with zero attached hydrogens (tertiary/aromatic N) is 3. The second-order valence-electron chi connectivity index (χ2n) is 4.73. The Labute approximate surface area is 108 Å². The summed E-state index contributed by atoms with van der Waals surface area (Å²) in [6.07, 6.45) is 1.43. The molecule has 0 N–H and O–H groups in total. The molecule has 4 heteroatoms. The Hall–Kier alpha value is -1.68. The van der Waals surface area contributed by atoms with Crippen LogP contribution in [-0.4, -0.2) is 55.1 Å². The van der Waals surface area contributed by atoms with Crippen molar-refractivity contribution in [2.75, 3.05) is 33.2 Å². The third-order valence-electron chi connectivity index (χ3n) is 3.15. The molecule has 1 heterocycles. The number of hydrogen-bond donors (Lipinski definition) is 0. The maximum Gasteiger partial charge on any atom is 0.205 e. The third-order valence-corrected chi connectivity index (χ3v) is 3.15. The average molecular weight is 245 g/mol. The van der Waals surface area contributed by atoms with E-state index in [4.69, 9.17) is 0 Å². The van der Waals surface area contributed by atoms with Gasteiger partial charge in [0.25, 0.3) is 0 Å². The SMILES string of the molecule is Cc1ccc(C(=O)/C=N\N2CCN(C)CC2)cc1. The molecular weight excluding hydrogens is 226 g/mol. The Balaban J connectivity index is 1.92. The molecule has 0 aliphatic carbocycles. The number of Topliss-reactive ketones (excluding diaryl/α,β-unsaturated/α-hetero) is 1. The summed E-state index contributed by atoms with van der Waals surface area (Å²) in [6, 6.07) is 7.56. The van der Waals surface area contributed by atoms with E-state index in [-0.39, 0.29) is 5.78 Å². The van der Waals surface area contributed by atoms with Crippen molar-refractivity contribution in [2.45, 2.75) is 6.92 Å². The lowest BCUT2D eigenvalue weighted by atomic mass is 10.1. The fraction of sp³-hybridized carbons (Fsp3) is 0.429. The minimum atomic E-state index is -0.0334. The molecule has 0 radical (unpaired) electrons. The zero-order chi connectivity index (χ0) is 13.0. The second-order valence-corrected chi connectivity index (χ2v) is 4.73. The first-order valence-corrected chi connectivity index (χ1v) is 6.23. The van der Waals surface area contributed by atoms with Crippen LogP contribution < -0.4 is 0 Å². The normalized spacial score (nSPS) is 17.3. The Morgan fingerprint density at radius 2 is 1.78 bits per heavy atom. The van der Waals surface area contributed by atoms with Crippen molar-refractivity contribution >= 4 is 12.0 Å². The first-order valence-electron chi connectivity index (χ1n) is 6.23. The Kier molecular flexibility index (Phi) is 4.10. The average Bonchev–Trinajstić information content (AvgIpc) is 2.38. The van der Waals surface area contributed by atoms with Crippen molar-refractivity contribution < 1.29 is 4.79 Å². The first kappa shape index (κ1) is 12.8. The summed E-state index contributed by atoms with van der Waals surface area (Å²) in [6.45, 7) is 5.76. The highest BCUT2D eigenvalue weighted by molar-refractivity contribution is 6.35. The molecule has 0 saturated carbocycles. The van der Waals surface area contributed by atoms with E-state index in [1.54, 1.807) is 0 Å². The Morgan fingerprint density at radius 3 is 2.39 bits per heavy atom. The van der Waals surface area contributed by atoms with Gasteiger partial charge in [0.15, 0.2) is 0 Å². The second kappa shape index (κ2) is 5.78. The van der Waals surface area contributed by atoms with Crippen LogP contribution in [0.15, 0.2) is 29.4 Å². The summed E-state index contributed by atoms with van der Waals surface area (Å²) in [5.41, 5.74) is 1.85. The van der Waals surface area contributed by atoms with Gasteiger partial charge in [0.2, 0.25) is 5.78 Å². The number of hydrogen-bond acceptors (Lipinski definition) is 4. The van der Waals surface area contributed by atoms with E-state index in [0.29, 0.717) is 5.56 Å². The number of carbonyl (C=O) groups excluding carboxylic acids is 1. The number of piperazine rings is 1. The number of hydrazone groups is 1. The zero-order valence-corrected chi connectivity index (χ0v) is 11.0. The topological polar surface area (TPSA) is 35.9 Å². The molecule has 0 amide bonds. The summed E-state index contributed by atoms with van der Waals surface area (Å²) in [5, 5.41) is 6.20. The van der Waals surface area contributed by atoms with Crippen molar-refractivity contribution in [3.63, 3.8) is 0 Å². The van der Waals surface area contributed by atoms with Crippen molar-refractivity contribution in [1.29, 1.82) is 0 Å². The van der Waals surface area contributed by atoms with E-state index in [9.17, 15) is 4.79 Å². The molecule has 1 aliphatic rings. The molecule has 0 bridgehead atoms. The molecule has 2 rings (SSSR count). The fourth-order valence-electron chi connectivity index (χ4n) is 1.84. The predicted octanol–water partition coefficient (Wildman–Crippen LogP) is 1.41. The Morgan fingerprint density at radius 1 is 1.17 bits per heavy atom. The lowest BCUT2D eigenvalue weighted by Gasteiger charge is -2.30. The summed E-state index contributed by atoms with van der Waals surface area (Å²) in [4.78, 5) is 14.1. The molecule has 1 aromatic rings. The summed E-state index contributed by atoms with van der Waals surface area (Å²) >= 11 is 0. The van der Waals surface area contributed by atoms with Crippen LogP contribution in [-0.2, 0) is 0 Å². The zero-order valence-electron chi connectivity index (χ0n) is 11.0. The highest BCUT2D eigenvalue weighted by atomic mass is 16.1. The van der Waals surface area contributed by atoms with Gasteiger partial charge in [-0.15, -0.1) is 0 Å². The van der Waals surface area contributed by atoms with Gasteiger partial charge in [-0.25, -0.2) is 0 Å². The lowest BCUT2D eigenvalue weighted by molar-refractivity contribution is 0.106. The number of aryl methyl sites for hydroxylation is 1. The van der Waals surface area contributed by atoms with Crippen LogP contribution in [0.4, 0.5) is 0 Å². The van der Waals surface area contributed by atoms with Crippen LogP contribution in [0, 0.1) is 6.92 Å². The van der Waals surface area contributed by atoms with Crippen molar-refractivity contribution in [2.24, 2.45) is 5.10 Å².